The molecule has 9 heteroatoms. The number of aromatic nitrogens is 1. The van der Waals surface area contributed by atoms with Crippen LogP contribution in [0, 0.1) is 5.92 Å². The number of nitrogens with one attached hydrogen (secondary N) is 1. The van der Waals surface area contributed by atoms with E-state index in [1.807, 2.05) is 24.3 Å². The summed E-state index contributed by atoms with van der Waals surface area (Å²) in [6.07, 6.45) is 2.97. The number of carbonyl (C=O) groups is 1. The van der Waals surface area contributed by atoms with E-state index in [-0.39, 0.29) is 4.90 Å². The highest BCUT2D eigenvalue weighted by Crippen LogP contribution is 2.47. The van der Waals surface area contributed by atoms with Crippen LogP contribution in [-0.4, -0.2) is 32.2 Å². The number of para-hydroxylation sites is 1. The number of anilines is 1. The van der Waals surface area contributed by atoms with Gasteiger partial charge in [0.1, 0.15) is 21.5 Å². The van der Waals surface area contributed by atoms with E-state index in [2.05, 4.69) is 12.2 Å². The third kappa shape index (κ3) is 4.47. The highest BCUT2D eigenvalue weighted by atomic mass is 32.2. The average molecular weight is 513 g/mol. The molecule has 1 unspecified atom stereocenters. The molecule has 4 aromatic rings. The molecular weight excluding hydrogens is 488 g/mol. The summed E-state index contributed by atoms with van der Waals surface area (Å²) in [4.78, 5) is 19.1. The van der Waals surface area contributed by atoms with Gasteiger partial charge in [-0.15, -0.1) is 22.7 Å². The molecule has 0 aliphatic heterocycles. The van der Waals surface area contributed by atoms with Gasteiger partial charge in [0.25, 0.3) is 0 Å². The summed E-state index contributed by atoms with van der Waals surface area (Å²) in [6, 6.07) is 14.0. The van der Waals surface area contributed by atoms with Gasteiger partial charge >= 0.3 is 0 Å². The predicted octanol–water partition coefficient (Wildman–Crippen LogP) is 5.57. The summed E-state index contributed by atoms with van der Waals surface area (Å²) in [6.45, 7) is 2.24. The Morgan fingerprint density at radius 3 is 2.65 bits per heavy atom. The zero-order chi connectivity index (χ0) is 23.9. The number of thiophene rings is 1. The van der Waals surface area contributed by atoms with Crippen molar-refractivity contribution in [3.8, 4) is 16.3 Å². The minimum absolute atomic E-state index is 0.0918. The number of hydrogen-bond acceptors (Lipinski definition) is 7. The molecule has 5 rings (SSSR count). The lowest BCUT2D eigenvalue weighted by atomic mass is 9.88. The van der Waals surface area contributed by atoms with Gasteiger partial charge in [0.2, 0.25) is 5.91 Å². The van der Waals surface area contributed by atoms with Crippen LogP contribution >= 0.6 is 22.7 Å². The minimum atomic E-state index is -3.79. The highest BCUT2D eigenvalue weighted by molar-refractivity contribution is 7.92. The van der Waals surface area contributed by atoms with E-state index in [0.717, 1.165) is 40.1 Å². The maximum Gasteiger partial charge on any atom is 0.240 e. The van der Waals surface area contributed by atoms with Crippen LogP contribution in [-0.2, 0) is 27.5 Å². The molecule has 2 heterocycles. The molecule has 2 aromatic heterocycles. The second kappa shape index (κ2) is 9.13. The molecule has 0 saturated carbocycles. The van der Waals surface area contributed by atoms with E-state index >= 15 is 0 Å². The summed E-state index contributed by atoms with van der Waals surface area (Å²) in [7, 11) is -2.27. The molecule has 1 amide bonds. The van der Waals surface area contributed by atoms with Crippen molar-refractivity contribution in [3.05, 3.63) is 59.0 Å². The molecule has 1 aliphatic rings. The lowest BCUT2D eigenvalue weighted by molar-refractivity contribution is -0.113. The summed E-state index contributed by atoms with van der Waals surface area (Å²) in [5, 5.41) is 4.47. The average Bonchev–Trinajstić information content (AvgIpc) is 3.38. The van der Waals surface area contributed by atoms with Crippen molar-refractivity contribution in [2.24, 2.45) is 5.92 Å². The lowest BCUT2D eigenvalue weighted by Crippen LogP contribution is -2.22. The van der Waals surface area contributed by atoms with Gasteiger partial charge in [-0.1, -0.05) is 19.1 Å². The Morgan fingerprint density at radius 2 is 1.91 bits per heavy atom. The van der Waals surface area contributed by atoms with Crippen molar-refractivity contribution in [3.63, 3.8) is 0 Å². The number of carbonyl (C=O) groups excluding carboxylic acids is 1. The number of fused-ring (bicyclic) bond motifs is 2. The van der Waals surface area contributed by atoms with Crippen molar-refractivity contribution in [2.45, 2.75) is 31.1 Å². The number of rotatable bonds is 6. The van der Waals surface area contributed by atoms with E-state index < -0.39 is 21.5 Å². The number of nitrogens with zero attached hydrogens (tertiary/aromatic N) is 1. The van der Waals surface area contributed by atoms with Gasteiger partial charge < -0.3 is 10.1 Å². The Hall–Kier alpha value is -2.75. The number of ether oxygens (including phenoxy) is 1. The standard InChI is InChI=1S/C25H24N2O4S3/c1-15-7-12-18-21(13-15)33-25(23(18)24-26-19-5-3-4-6-20(19)32-24)27-22(28)14-34(29,30)17-10-8-16(31-2)9-11-17/h3-6,8-11,15H,7,12-14H2,1-2H3,(H,27,28). The number of methoxy groups -OCH3 is 1. The first kappa shape index (κ1) is 23.0. The van der Waals surface area contributed by atoms with E-state index in [4.69, 9.17) is 9.72 Å². The first-order valence-corrected chi connectivity index (χ1v) is 14.3. The Balaban J connectivity index is 1.46. The molecule has 2 aromatic carbocycles. The SMILES string of the molecule is COc1ccc(S(=O)(=O)CC(=O)Nc2sc3c(c2-c2nc4ccccc4s2)CCC(C)C3)cc1. The minimum Gasteiger partial charge on any atom is -0.497 e. The molecule has 0 radical (unpaired) electrons. The molecule has 6 nitrogen and oxygen atoms in total. The van der Waals surface area contributed by atoms with Gasteiger partial charge in [-0.05, 0) is 67.1 Å². The van der Waals surface area contributed by atoms with E-state index in [0.29, 0.717) is 16.7 Å². The second-order valence-corrected chi connectivity index (χ2v) is 12.7. The number of thiazole rings is 1. The van der Waals surface area contributed by atoms with Crippen molar-refractivity contribution in [1.29, 1.82) is 0 Å². The summed E-state index contributed by atoms with van der Waals surface area (Å²) < 4.78 is 31.8. The third-order valence-corrected chi connectivity index (χ3v) is 9.87. The second-order valence-electron chi connectivity index (χ2n) is 8.53. The van der Waals surface area contributed by atoms with Crippen LogP contribution in [0.5, 0.6) is 5.75 Å². The van der Waals surface area contributed by atoms with Crippen molar-refractivity contribution in [1.82, 2.24) is 4.98 Å². The first-order chi connectivity index (χ1) is 16.3. The molecule has 34 heavy (non-hydrogen) atoms. The summed E-state index contributed by atoms with van der Waals surface area (Å²) in [5.74, 6) is -0.0436. The van der Waals surface area contributed by atoms with Gasteiger partial charge in [0, 0.05) is 10.4 Å². The topological polar surface area (TPSA) is 85.4 Å². The molecule has 0 fully saturated rings. The molecular formula is C25H24N2O4S3. The Labute approximate surface area is 206 Å². The maximum atomic E-state index is 12.9. The van der Waals surface area contributed by atoms with E-state index in [1.54, 1.807) is 34.8 Å². The summed E-state index contributed by atoms with van der Waals surface area (Å²) in [5.41, 5.74) is 3.10. The third-order valence-electron chi connectivity index (χ3n) is 6.01. The smallest absolute Gasteiger partial charge is 0.240 e. The Kier molecular flexibility index (Phi) is 6.18. The predicted molar refractivity (Wildman–Crippen MR) is 138 cm³/mol. The zero-order valence-electron chi connectivity index (χ0n) is 18.8. The molecule has 176 valence electrons. The van der Waals surface area contributed by atoms with Crippen LogP contribution in [0.3, 0.4) is 0 Å². The highest BCUT2D eigenvalue weighted by Gasteiger charge is 2.28. The Bertz CT molecular complexity index is 1440. The maximum absolute atomic E-state index is 12.9. The van der Waals surface area contributed by atoms with Gasteiger partial charge in [-0.25, -0.2) is 13.4 Å². The largest absolute Gasteiger partial charge is 0.497 e. The first-order valence-electron chi connectivity index (χ1n) is 11.0. The van der Waals surface area contributed by atoms with Crippen LogP contribution in [0.25, 0.3) is 20.8 Å². The quantitative estimate of drug-likeness (QED) is 0.365. The van der Waals surface area contributed by atoms with Gasteiger partial charge in [-0.2, -0.15) is 0 Å². The number of hydrogen-bond donors (Lipinski definition) is 1. The van der Waals surface area contributed by atoms with Gasteiger partial charge in [0.05, 0.1) is 22.2 Å². The van der Waals surface area contributed by atoms with Crippen LogP contribution in [0.15, 0.2) is 53.4 Å². The van der Waals surface area contributed by atoms with E-state index in [9.17, 15) is 13.2 Å². The number of sulfone groups is 1. The fourth-order valence-electron chi connectivity index (χ4n) is 4.25. The molecule has 1 N–H and O–H groups in total. The molecule has 1 aliphatic carbocycles. The number of amides is 1. The normalized spacial score (nSPS) is 15.8. The van der Waals surface area contributed by atoms with Crippen molar-refractivity contribution in [2.75, 3.05) is 18.2 Å². The van der Waals surface area contributed by atoms with Crippen LogP contribution in [0.1, 0.15) is 23.8 Å². The lowest BCUT2D eigenvalue weighted by Gasteiger charge is -2.18. The van der Waals surface area contributed by atoms with Gasteiger partial charge in [-0.3, -0.25) is 4.79 Å². The molecule has 0 bridgehead atoms. The molecule has 0 saturated heterocycles. The van der Waals surface area contributed by atoms with Crippen molar-refractivity contribution >= 4 is 53.6 Å². The van der Waals surface area contributed by atoms with Crippen LogP contribution < -0.4 is 10.1 Å². The monoisotopic (exact) mass is 512 g/mol. The number of benzene rings is 2. The fourth-order valence-corrected chi connectivity index (χ4v) is 7.92. The fraction of sp³-hybridized carbons (Fsp3) is 0.280. The molecule has 1 atom stereocenters. The van der Waals surface area contributed by atoms with Crippen molar-refractivity contribution < 1.29 is 17.9 Å². The Morgan fingerprint density at radius 1 is 1.15 bits per heavy atom. The zero-order valence-corrected chi connectivity index (χ0v) is 21.3. The van der Waals surface area contributed by atoms with Crippen LogP contribution in [0.4, 0.5) is 5.00 Å². The summed E-state index contributed by atoms with van der Waals surface area (Å²) >= 11 is 3.15. The van der Waals surface area contributed by atoms with E-state index in [1.165, 1.54) is 29.7 Å². The van der Waals surface area contributed by atoms with Crippen LogP contribution in [0.2, 0.25) is 0 Å². The van der Waals surface area contributed by atoms with Gasteiger partial charge in [0.15, 0.2) is 9.84 Å². The molecule has 0 spiro atoms.